The molecule has 19 heavy (non-hydrogen) atoms. The summed E-state index contributed by atoms with van der Waals surface area (Å²) in [5.74, 6) is 0.237. The lowest BCUT2D eigenvalue weighted by atomic mass is 10.2. The van der Waals surface area contributed by atoms with E-state index in [0.717, 1.165) is 18.2 Å². The van der Waals surface area contributed by atoms with Crippen LogP contribution in [0.4, 0.5) is 5.69 Å². The van der Waals surface area contributed by atoms with E-state index >= 15 is 0 Å². The fourth-order valence-electron chi connectivity index (χ4n) is 1.93. The van der Waals surface area contributed by atoms with Crippen molar-refractivity contribution in [3.63, 3.8) is 0 Å². The maximum atomic E-state index is 12.2. The van der Waals surface area contributed by atoms with Gasteiger partial charge >= 0.3 is 0 Å². The van der Waals surface area contributed by atoms with E-state index in [0.29, 0.717) is 23.6 Å². The highest BCUT2D eigenvalue weighted by Gasteiger charge is 2.16. The molecule has 1 aromatic heterocycles. The van der Waals surface area contributed by atoms with Crippen LogP contribution in [0.5, 0.6) is 0 Å². The Morgan fingerprint density at radius 2 is 2.26 bits per heavy atom. The highest BCUT2D eigenvalue weighted by Crippen LogP contribution is 2.22. The predicted octanol–water partition coefficient (Wildman–Crippen LogP) is 3.05. The van der Waals surface area contributed by atoms with Crippen molar-refractivity contribution in [1.29, 1.82) is 0 Å². The number of carbonyl (C=O) groups excluding carboxylic acids is 1. The number of rotatable bonds is 5. The van der Waals surface area contributed by atoms with Crippen LogP contribution in [0.2, 0.25) is 0 Å². The van der Waals surface area contributed by atoms with E-state index in [1.165, 1.54) is 0 Å². The maximum Gasteiger partial charge on any atom is 0.289 e. The van der Waals surface area contributed by atoms with Gasteiger partial charge < -0.3 is 15.1 Å². The minimum absolute atomic E-state index is 0.112. The largest absolute Gasteiger partial charge is 0.451 e. The van der Waals surface area contributed by atoms with Gasteiger partial charge in [0.25, 0.3) is 5.91 Å². The van der Waals surface area contributed by atoms with Gasteiger partial charge in [-0.1, -0.05) is 6.08 Å². The molecule has 0 aliphatic rings. The van der Waals surface area contributed by atoms with Gasteiger partial charge in [-0.15, -0.1) is 6.58 Å². The van der Waals surface area contributed by atoms with Crippen LogP contribution < -0.4 is 5.73 Å². The van der Waals surface area contributed by atoms with Crippen molar-refractivity contribution < 1.29 is 9.21 Å². The second-order valence-electron chi connectivity index (χ2n) is 4.57. The van der Waals surface area contributed by atoms with Gasteiger partial charge in [-0.05, 0) is 37.1 Å². The molecule has 0 saturated heterocycles. The molecule has 0 aliphatic carbocycles. The molecule has 2 aromatic rings. The van der Waals surface area contributed by atoms with Crippen molar-refractivity contribution >= 4 is 22.6 Å². The molecule has 1 aromatic carbocycles. The van der Waals surface area contributed by atoms with Crippen LogP contribution in [0.1, 0.15) is 23.4 Å². The van der Waals surface area contributed by atoms with Crippen LogP contribution in [-0.2, 0) is 0 Å². The monoisotopic (exact) mass is 258 g/mol. The molecule has 0 fully saturated rings. The molecule has 0 bridgehead atoms. The van der Waals surface area contributed by atoms with Crippen LogP contribution in [0.15, 0.2) is 41.3 Å². The average Bonchev–Trinajstić information content (AvgIpc) is 2.80. The Hall–Kier alpha value is -2.23. The first-order valence-electron chi connectivity index (χ1n) is 6.27. The van der Waals surface area contributed by atoms with Crippen molar-refractivity contribution in [3.8, 4) is 0 Å². The van der Waals surface area contributed by atoms with Gasteiger partial charge in [0.2, 0.25) is 0 Å². The lowest BCUT2D eigenvalue weighted by Gasteiger charge is -2.14. The standard InChI is InChI=1S/C15H18N2O2/c1-3-4-5-8-17(2)15(18)14-10-11-9-12(16)6-7-13(11)19-14/h3,6-7,9-10H,1,4-5,8,16H2,2H3. The molecular formula is C15H18N2O2. The van der Waals surface area contributed by atoms with Gasteiger partial charge in [-0.2, -0.15) is 0 Å². The van der Waals surface area contributed by atoms with Gasteiger partial charge in [-0.3, -0.25) is 4.79 Å². The maximum absolute atomic E-state index is 12.2. The molecule has 0 radical (unpaired) electrons. The second kappa shape index (κ2) is 5.61. The lowest BCUT2D eigenvalue weighted by Crippen LogP contribution is -2.27. The number of hydrogen-bond acceptors (Lipinski definition) is 3. The van der Waals surface area contributed by atoms with E-state index in [4.69, 9.17) is 10.2 Å². The van der Waals surface area contributed by atoms with Crippen LogP contribution in [-0.4, -0.2) is 24.4 Å². The van der Waals surface area contributed by atoms with Crippen molar-refractivity contribution in [2.24, 2.45) is 0 Å². The number of benzene rings is 1. The normalized spacial score (nSPS) is 10.6. The van der Waals surface area contributed by atoms with E-state index in [1.54, 1.807) is 36.2 Å². The number of nitrogens with two attached hydrogens (primary N) is 1. The number of allylic oxidation sites excluding steroid dienone is 1. The molecule has 0 spiro atoms. The number of amides is 1. The molecule has 0 atom stereocenters. The molecule has 0 aliphatic heterocycles. The zero-order valence-electron chi connectivity index (χ0n) is 11.1. The smallest absolute Gasteiger partial charge is 0.289 e. The Morgan fingerprint density at radius 3 is 3.00 bits per heavy atom. The molecule has 2 rings (SSSR count). The molecule has 2 N–H and O–H groups in total. The minimum atomic E-state index is -0.112. The summed E-state index contributed by atoms with van der Waals surface area (Å²) in [4.78, 5) is 13.8. The van der Waals surface area contributed by atoms with E-state index < -0.39 is 0 Å². The number of carbonyl (C=O) groups is 1. The topological polar surface area (TPSA) is 59.5 Å². The quantitative estimate of drug-likeness (QED) is 0.509. The first-order valence-corrected chi connectivity index (χ1v) is 6.27. The summed E-state index contributed by atoms with van der Waals surface area (Å²) in [5, 5.41) is 0.850. The third-order valence-electron chi connectivity index (χ3n) is 3.00. The first kappa shape index (κ1) is 13.2. The summed E-state index contributed by atoms with van der Waals surface area (Å²) < 4.78 is 5.55. The van der Waals surface area contributed by atoms with Gasteiger partial charge in [0.15, 0.2) is 5.76 Å². The Labute approximate surface area is 112 Å². The van der Waals surface area contributed by atoms with Crippen LogP contribution in [0.25, 0.3) is 11.0 Å². The Kier molecular flexibility index (Phi) is 3.90. The number of nitrogens with zero attached hydrogens (tertiary/aromatic N) is 1. The van der Waals surface area contributed by atoms with Crippen LogP contribution in [0.3, 0.4) is 0 Å². The van der Waals surface area contributed by atoms with E-state index in [9.17, 15) is 4.79 Å². The number of anilines is 1. The summed E-state index contributed by atoms with van der Waals surface area (Å²) in [6, 6.07) is 7.07. The van der Waals surface area contributed by atoms with Crippen molar-refractivity contribution in [2.45, 2.75) is 12.8 Å². The Morgan fingerprint density at radius 1 is 1.47 bits per heavy atom. The lowest BCUT2D eigenvalue weighted by molar-refractivity contribution is 0.0765. The third kappa shape index (κ3) is 2.96. The number of furan rings is 1. The van der Waals surface area contributed by atoms with Crippen molar-refractivity contribution in [2.75, 3.05) is 19.3 Å². The zero-order valence-corrected chi connectivity index (χ0v) is 11.1. The van der Waals surface area contributed by atoms with Gasteiger partial charge in [0, 0.05) is 24.7 Å². The van der Waals surface area contributed by atoms with Crippen LogP contribution >= 0.6 is 0 Å². The Bertz CT molecular complexity index is 601. The fraction of sp³-hybridized carbons (Fsp3) is 0.267. The SMILES string of the molecule is C=CCCCN(C)C(=O)c1cc2cc(N)ccc2o1. The zero-order chi connectivity index (χ0) is 13.8. The summed E-state index contributed by atoms with van der Waals surface area (Å²) in [6.45, 7) is 4.35. The highest BCUT2D eigenvalue weighted by atomic mass is 16.3. The molecule has 4 nitrogen and oxygen atoms in total. The number of unbranched alkanes of at least 4 members (excludes halogenated alkanes) is 1. The van der Waals surface area contributed by atoms with Crippen molar-refractivity contribution in [1.82, 2.24) is 4.90 Å². The van der Waals surface area contributed by atoms with E-state index in [2.05, 4.69) is 6.58 Å². The number of fused-ring (bicyclic) bond motifs is 1. The van der Waals surface area contributed by atoms with Gasteiger partial charge in [0.05, 0.1) is 0 Å². The summed E-state index contributed by atoms with van der Waals surface area (Å²) in [6.07, 6.45) is 3.65. The predicted molar refractivity (Wildman–Crippen MR) is 77.0 cm³/mol. The summed E-state index contributed by atoms with van der Waals surface area (Å²) in [7, 11) is 1.77. The number of hydrogen-bond donors (Lipinski definition) is 1. The van der Waals surface area contributed by atoms with E-state index in [-0.39, 0.29) is 5.91 Å². The molecular weight excluding hydrogens is 240 g/mol. The van der Waals surface area contributed by atoms with Crippen LogP contribution in [0, 0.1) is 0 Å². The molecule has 1 amide bonds. The van der Waals surface area contributed by atoms with Gasteiger partial charge in [-0.25, -0.2) is 0 Å². The van der Waals surface area contributed by atoms with Gasteiger partial charge in [0.1, 0.15) is 5.58 Å². The average molecular weight is 258 g/mol. The molecule has 1 heterocycles. The first-order chi connectivity index (χ1) is 9.11. The molecule has 4 heteroatoms. The summed E-state index contributed by atoms with van der Waals surface area (Å²) >= 11 is 0. The molecule has 100 valence electrons. The minimum Gasteiger partial charge on any atom is -0.451 e. The third-order valence-corrected chi connectivity index (χ3v) is 3.00. The highest BCUT2D eigenvalue weighted by molar-refractivity contribution is 5.96. The van der Waals surface area contributed by atoms with E-state index in [1.807, 2.05) is 6.08 Å². The molecule has 0 unspecified atom stereocenters. The fourth-order valence-corrected chi connectivity index (χ4v) is 1.93. The molecule has 0 saturated carbocycles. The Balaban J connectivity index is 2.14. The van der Waals surface area contributed by atoms with Crippen molar-refractivity contribution in [3.05, 3.63) is 42.7 Å². The summed E-state index contributed by atoms with van der Waals surface area (Å²) in [5.41, 5.74) is 7.04. The number of nitrogen functional groups attached to an aromatic ring is 1. The second-order valence-corrected chi connectivity index (χ2v) is 4.57.